The standard InChI is InChI=1S/C18H24N4OS/c1-14-17(12-19-22(14)15-8-4-3-5-9-15)20-18(23)21-11-7-6-10-16(13-21)24-2/h3-5,8-9,12,16H,6-7,10-11,13H2,1-2H3,(H,20,23)/t16-/m0/s1. The van der Waals surface area contributed by atoms with Crippen LogP contribution < -0.4 is 5.32 Å². The van der Waals surface area contributed by atoms with Crippen LogP contribution >= 0.6 is 11.8 Å². The minimum absolute atomic E-state index is 0.0216. The van der Waals surface area contributed by atoms with Gasteiger partial charge in [-0.1, -0.05) is 24.6 Å². The van der Waals surface area contributed by atoms with E-state index in [1.54, 1.807) is 6.20 Å². The highest BCUT2D eigenvalue weighted by molar-refractivity contribution is 7.99. The maximum absolute atomic E-state index is 12.6. The summed E-state index contributed by atoms with van der Waals surface area (Å²) in [5, 5.41) is 7.98. The predicted octanol–water partition coefficient (Wildman–Crippen LogP) is 3.93. The number of benzene rings is 1. The smallest absolute Gasteiger partial charge is 0.321 e. The zero-order valence-electron chi connectivity index (χ0n) is 14.2. The zero-order chi connectivity index (χ0) is 16.9. The normalized spacial score (nSPS) is 18.2. The van der Waals surface area contributed by atoms with Crippen LogP contribution in [0.5, 0.6) is 0 Å². The van der Waals surface area contributed by atoms with E-state index in [9.17, 15) is 4.79 Å². The lowest BCUT2D eigenvalue weighted by Gasteiger charge is -2.23. The first-order valence-electron chi connectivity index (χ1n) is 8.38. The fourth-order valence-corrected chi connectivity index (χ4v) is 3.77. The SMILES string of the molecule is CS[C@H]1CCCCN(C(=O)Nc2cnn(-c3ccccc3)c2C)C1. The molecule has 1 aliphatic rings. The molecular formula is C18H24N4OS. The Morgan fingerprint density at radius 2 is 2.08 bits per heavy atom. The second-order valence-electron chi connectivity index (χ2n) is 6.12. The first-order chi connectivity index (χ1) is 11.7. The third-order valence-electron chi connectivity index (χ3n) is 4.50. The lowest BCUT2D eigenvalue weighted by atomic mass is 10.2. The molecule has 1 aliphatic heterocycles. The molecule has 0 bridgehead atoms. The molecule has 24 heavy (non-hydrogen) atoms. The van der Waals surface area contributed by atoms with Gasteiger partial charge < -0.3 is 10.2 Å². The molecule has 6 heteroatoms. The third kappa shape index (κ3) is 3.75. The molecule has 1 fully saturated rings. The predicted molar refractivity (Wildman–Crippen MR) is 100 cm³/mol. The van der Waals surface area contributed by atoms with Gasteiger partial charge >= 0.3 is 6.03 Å². The Morgan fingerprint density at radius 3 is 2.83 bits per heavy atom. The van der Waals surface area contributed by atoms with Crippen molar-refractivity contribution in [2.75, 3.05) is 24.7 Å². The first kappa shape index (κ1) is 16.9. The first-order valence-corrected chi connectivity index (χ1v) is 9.66. The summed E-state index contributed by atoms with van der Waals surface area (Å²) in [7, 11) is 0. The molecule has 5 nitrogen and oxygen atoms in total. The highest BCUT2D eigenvalue weighted by atomic mass is 32.2. The van der Waals surface area contributed by atoms with Gasteiger partial charge in [-0.25, -0.2) is 9.48 Å². The molecule has 1 N–H and O–H groups in total. The fraction of sp³-hybridized carbons (Fsp3) is 0.444. The molecule has 0 radical (unpaired) electrons. The highest BCUT2D eigenvalue weighted by Crippen LogP contribution is 2.22. The van der Waals surface area contributed by atoms with Gasteiger partial charge in [0.15, 0.2) is 0 Å². The second kappa shape index (κ2) is 7.75. The van der Waals surface area contributed by atoms with E-state index >= 15 is 0 Å². The van der Waals surface area contributed by atoms with Crippen molar-refractivity contribution in [3.8, 4) is 5.69 Å². The maximum Gasteiger partial charge on any atom is 0.321 e. The molecule has 2 aromatic rings. The molecule has 3 rings (SSSR count). The van der Waals surface area contributed by atoms with Crippen molar-refractivity contribution in [1.82, 2.24) is 14.7 Å². The summed E-state index contributed by atoms with van der Waals surface area (Å²) in [5.74, 6) is 0. The van der Waals surface area contributed by atoms with E-state index in [1.807, 2.05) is 58.6 Å². The van der Waals surface area contributed by atoms with Crippen molar-refractivity contribution in [2.24, 2.45) is 0 Å². The molecule has 1 aromatic carbocycles. The fourth-order valence-electron chi connectivity index (χ4n) is 3.04. The van der Waals surface area contributed by atoms with Crippen molar-refractivity contribution < 1.29 is 4.79 Å². The second-order valence-corrected chi connectivity index (χ2v) is 7.26. The number of nitrogens with zero attached hydrogens (tertiary/aromatic N) is 3. The van der Waals surface area contributed by atoms with Crippen LogP contribution in [0.15, 0.2) is 36.5 Å². The van der Waals surface area contributed by atoms with E-state index in [-0.39, 0.29) is 6.03 Å². The number of thioether (sulfide) groups is 1. The number of likely N-dealkylation sites (tertiary alicyclic amines) is 1. The number of rotatable bonds is 3. The van der Waals surface area contributed by atoms with Crippen molar-refractivity contribution in [3.63, 3.8) is 0 Å². The molecule has 1 aromatic heterocycles. The Balaban J connectivity index is 1.72. The van der Waals surface area contributed by atoms with Crippen LogP contribution in [-0.2, 0) is 0 Å². The van der Waals surface area contributed by atoms with Gasteiger partial charge in [0.1, 0.15) is 0 Å². The lowest BCUT2D eigenvalue weighted by Crippen LogP contribution is -2.38. The number of hydrogen-bond acceptors (Lipinski definition) is 3. The average molecular weight is 344 g/mol. The van der Waals surface area contributed by atoms with Gasteiger partial charge in [0.05, 0.1) is 23.3 Å². The Bertz CT molecular complexity index is 686. The Morgan fingerprint density at radius 1 is 1.29 bits per heavy atom. The van der Waals surface area contributed by atoms with Crippen LogP contribution in [0, 0.1) is 6.92 Å². The van der Waals surface area contributed by atoms with Crippen LogP contribution in [0.1, 0.15) is 25.0 Å². The number of urea groups is 1. The third-order valence-corrected chi connectivity index (χ3v) is 5.55. The van der Waals surface area contributed by atoms with Crippen LogP contribution in [0.3, 0.4) is 0 Å². The molecule has 2 amide bonds. The quantitative estimate of drug-likeness (QED) is 0.918. The van der Waals surface area contributed by atoms with E-state index in [0.29, 0.717) is 5.25 Å². The molecule has 0 unspecified atom stereocenters. The number of amides is 2. The van der Waals surface area contributed by atoms with Gasteiger partial charge in [-0.2, -0.15) is 16.9 Å². The van der Waals surface area contributed by atoms with Crippen LogP contribution in [0.2, 0.25) is 0 Å². The Labute approximate surface area is 147 Å². The Hall–Kier alpha value is -1.95. The molecule has 2 heterocycles. The number of para-hydroxylation sites is 1. The highest BCUT2D eigenvalue weighted by Gasteiger charge is 2.22. The minimum Gasteiger partial charge on any atom is -0.323 e. The minimum atomic E-state index is -0.0216. The summed E-state index contributed by atoms with van der Waals surface area (Å²) in [6.45, 7) is 3.62. The van der Waals surface area contributed by atoms with Gasteiger partial charge in [0.2, 0.25) is 0 Å². The maximum atomic E-state index is 12.6. The zero-order valence-corrected chi connectivity index (χ0v) is 15.1. The van der Waals surface area contributed by atoms with Gasteiger partial charge in [-0.05, 0) is 38.2 Å². The van der Waals surface area contributed by atoms with Gasteiger partial charge in [-0.3, -0.25) is 0 Å². The van der Waals surface area contributed by atoms with E-state index < -0.39 is 0 Å². The van der Waals surface area contributed by atoms with Crippen molar-refractivity contribution in [2.45, 2.75) is 31.4 Å². The number of anilines is 1. The Kier molecular flexibility index (Phi) is 5.45. The average Bonchev–Trinajstić information content (AvgIpc) is 2.83. The largest absolute Gasteiger partial charge is 0.323 e. The van der Waals surface area contributed by atoms with Gasteiger partial charge in [-0.15, -0.1) is 0 Å². The van der Waals surface area contributed by atoms with Crippen LogP contribution in [-0.4, -0.2) is 45.3 Å². The van der Waals surface area contributed by atoms with Crippen molar-refractivity contribution >= 4 is 23.5 Å². The molecule has 0 spiro atoms. The molecule has 1 atom stereocenters. The molecule has 0 saturated carbocycles. The van der Waals surface area contributed by atoms with Crippen LogP contribution in [0.4, 0.5) is 10.5 Å². The summed E-state index contributed by atoms with van der Waals surface area (Å²) in [6.07, 6.45) is 7.31. The lowest BCUT2D eigenvalue weighted by molar-refractivity contribution is 0.214. The van der Waals surface area contributed by atoms with Crippen LogP contribution in [0.25, 0.3) is 5.69 Å². The summed E-state index contributed by atoms with van der Waals surface area (Å²) in [6, 6.07) is 9.93. The summed E-state index contributed by atoms with van der Waals surface area (Å²) in [5.41, 5.74) is 2.70. The van der Waals surface area contributed by atoms with Gasteiger partial charge in [0, 0.05) is 18.3 Å². The number of carbonyl (C=O) groups is 1. The summed E-state index contributed by atoms with van der Waals surface area (Å²) < 4.78 is 1.85. The number of carbonyl (C=O) groups excluding carboxylic acids is 1. The van der Waals surface area contributed by atoms with E-state index in [4.69, 9.17) is 0 Å². The van der Waals surface area contributed by atoms with Gasteiger partial charge in [0.25, 0.3) is 0 Å². The monoisotopic (exact) mass is 344 g/mol. The molecule has 1 saturated heterocycles. The summed E-state index contributed by atoms with van der Waals surface area (Å²) in [4.78, 5) is 14.6. The number of nitrogens with one attached hydrogen (secondary N) is 1. The molecule has 128 valence electrons. The van der Waals surface area contributed by atoms with Crippen molar-refractivity contribution in [1.29, 1.82) is 0 Å². The van der Waals surface area contributed by atoms with E-state index in [0.717, 1.165) is 36.6 Å². The molecular weight excluding hydrogens is 320 g/mol. The molecule has 0 aliphatic carbocycles. The number of aromatic nitrogens is 2. The topological polar surface area (TPSA) is 50.2 Å². The van der Waals surface area contributed by atoms with E-state index in [2.05, 4.69) is 16.7 Å². The number of hydrogen-bond donors (Lipinski definition) is 1. The summed E-state index contributed by atoms with van der Waals surface area (Å²) >= 11 is 1.85. The van der Waals surface area contributed by atoms with Crippen molar-refractivity contribution in [3.05, 3.63) is 42.2 Å². The van der Waals surface area contributed by atoms with E-state index in [1.165, 1.54) is 12.8 Å².